The molecule has 0 bridgehead atoms. The van der Waals surface area contributed by atoms with Gasteiger partial charge in [-0.2, -0.15) is 5.10 Å². The highest BCUT2D eigenvalue weighted by Crippen LogP contribution is 2.35. The molecule has 3 aromatic rings. The van der Waals surface area contributed by atoms with E-state index < -0.39 is 12.3 Å². The van der Waals surface area contributed by atoms with E-state index in [2.05, 4.69) is 20.4 Å². The van der Waals surface area contributed by atoms with Crippen molar-refractivity contribution in [1.82, 2.24) is 24.6 Å². The fourth-order valence-corrected chi connectivity index (χ4v) is 4.87. The lowest BCUT2D eigenvalue weighted by Gasteiger charge is -2.39. The summed E-state index contributed by atoms with van der Waals surface area (Å²) in [7, 11) is 1.88. The molecule has 9 heteroatoms. The minimum atomic E-state index is -1.01. The van der Waals surface area contributed by atoms with E-state index in [9.17, 15) is 5.11 Å². The topological polar surface area (TPSA) is 88.3 Å². The lowest BCUT2D eigenvalue weighted by molar-refractivity contribution is 0.0352. The summed E-state index contributed by atoms with van der Waals surface area (Å²) in [6, 6.07) is 3.94. The molecular formula is C23H29FN6O2. The molecule has 0 amide bonds. The van der Waals surface area contributed by atoms with Crippen LogP contribution in [0.15, 0.2) is 24.5 Å². The first-order valence-corrected chi connectivity index (χ1v) is 11.1. The molecule has 0 saturated carbocycles. The number of aryl methyl sites for hydroxylation is 2. The van der Waals surface area contributed by atoms with E-state index in [1.54, 1.807) is 17.1 Å². The number of hydrogen-bond donors (Lipinski definition) is 2. The zero-order valence-corrected chi connectivity index (χ0v) is 18.6. The predicted octanol–water partition coefficient (Wildman–Crippen LogP) is 2.61. The maximum atomic E-state index is 15.3. The predicted molar refractivity (Wildman–Crippen MR) is 120 cm³/mol. The third-order valence-electron chi connectivity index (χ3n) is 6.91. The molecule has 4 unspecified atom stereocenters. The Morgan fingerprint density at radius 2 is 2.06 bits per heavy atom. The molecule has 4 heterocycles. The molecule has 2 saturated heterocycles. The lowest BCUT2D eigenvalue weighted by atomic mass is 9.84. The Morgan fingerprint density at radius 3 is 2.75 bits per heavy atom. The van der Waals surface area contributed by atoms with Crippen LogP contribution < -0.4 is 5.32 Å². The highest BCUT2D eigenvalue weighted by Gasteiger charge is 2.38. The van der Waals surface area contributed by atoms with Crippen LogP contribution in [0.2, 0.25) is 0 Å². The maximum absolute atomic E-state index is 15.3. The molecule has 2 aliphatic heterocycles. The van der Waals surface area contributed by atoms with Crippen molar-refractivity contribution < 1.29 is 14.2 Å². The molecule has 0 radical (unpaired) electrons. The van der Waals surface area contributed by atoms with Crippen LogP contribution in [0.25, 0.3) is 10.9 Å². The van der Waals surface area contributed by atoms with Crippen molar-refractivity contribution in [2.45, 2.75) is 44.5 Å². The summed E-state index contributed by atoms with van der Waals surface area (Å²) in [5.74, 6) is 0.298. The van der Waals surface area contributed by atoms with Gasteiger partial charge in [0, 0.05) is 31.1 Å². The number of likely N-dealkylation sites (tertiary alicyclic amines) is 1. The SMILES string of the molecule is Cc1cc2cnc(Nc3cnn(C)c3C)nc2cc1C1CCN(C2COCC2O)CC1F. The Kier molecular flexibility index (Phi) is 5.56. The standard InChI is InChI=1S/C23H29FN6O2/c1-13-6-15-8-25-23(28-20-9-26-29(3)14(20)2)27-19(15)7-17(13)16-4-5-30(10-18(16)24)21-11-32-12-22(21)31/h6-9,16,18,21-22,31H,4-5,10-12H2,1-3H3,(H,25,27,28). The van der Waals surface area contributed by atoms with Crippen LogP contribution in [0.5, 0.6) is 0 Å². The fourth-order valence-electron chi connectivity index (χ4n) is 4.87. The van der Waals surface area contributed by atoms with E-state index in [0.717, 1.165) is 40.0 Å². The number of benzene rings is 1. The second-order valence-electron chi connectivity index (χ2n) is 8.93. The number of aliphatic hydroxyl groups is 1. The van der Waals surface area contributed by atoms with Crippen molar-refractivity contribution in [2.24, 2.45) is 7.05 Å². The number of anilines is 2. The van der Waals surface area contributed by atoms with Crippen LogP contribution >= 0.6 is 0 Å². The first kappa shape index (κ1) is 21.2. The van der Waals surface area contributed by atoms with Crippen LogP contribution in [0.1, 0.15) is 29.2 Å². The molecule has 2 N–H and O–H groups in total. The Morgan fingerprint density at radius 1 is 1.22 bits per heavy atom. The van der Waals surface area contributed by atoms with E-state index in [0.29, 0.717) is 32.1 Å². The number of hydrogen-bond acceptors (Lipinski definition) is 7. The summed E-state index contributed by atoms with van der Waals surface area (Å²) < 4.78 is 22.5. The highest BCUT2D eigenvalue weighted by molar-refractivity contribution is 5.81. The number of aromatic nitrogens is 4. The van der Waals surface area contributed by atoms with Crippen LogP contribution in [-0.2, 0) is 11.8 Å². The number of aliphatic hydroxyl groups excluding tert-OH is 1. The Balaban J connectivity index is 1.39. The molecule has 0 spiro atoms. The van der Waals surface area contributed by atoms with Gasteiger partial charge in [-0.1, -0.05) is 0 Å². The first-order chi connectivity index (χ1) is 15.4. The van der Waals surface area contributed by atoms with Crippen LogP contribution in [0.4, 0.5) is 16.0 Å². The molecule has 0 aliphatic carbocycles. The Bertz CT molecular complexity index is 1140. The number of fused-ring (bicyclic) bond motifs is 1. The number of nitrogens with one attached hydrogen (secondary N) is 1. The van der Waals surface area contributed by atoms with E-state index >= 15 is 4.39 Å². The first-order valence-electron chi connectivity index (χ1n) is 11.1. The van der Waals surface area contributed by atoms with Crippen LogP contribution in [-0.4, -0.2) is 74.4 Å². The van der Waals surface area contributed by atoms with Crippen LogP contribution in [0, 0.1) is 13.8 Å². The molecule has 2 fully saturated rings. The summed E-state index contributed by atoms with van der Waals surface area (Å²) >= 11 is 0. The van der Waals surface area contributed by atoms with Crippen molar-refractivity contribution in [2.75, 3.05) is 31.6 Å². The molecule has 32 heavy (non-hydrogen) atoms. The fraction of sp³-hybridized carbons (Fsp3) is 0.522. The third-order valence-corrected chi connectivity index (χ3v) is 6.91. The number of alkyl halides is 1. The van der Waals surface area contributed by atoms with Gasteiger partial charge in [0.05, 0.1) is 48.5 Å². The second kappa shape index (κ2) is 8.38. The van der Waals surface area contributed by atoms with E-state index in [4.69, 9.17) is 4.74 Å². The second-order valence-corrected chi connectivity index (χ2v) is 8.93. The van der Waals surface area contributed by atoms with Gasteiger partial charge in [0.2, 0.25) is 5.95 Å². The number of nitrogens with zero attached hydrogens (tertiary/aromatic N) is 5. The van der Waals surface area contributed by atoms with Crippen molar-refractivity contribution in [3.63, 3.8) is 0 Å². The average molecular weight is 441 g/mol. The van der Waals surface area contributed by atoms with Crippen molar-refractivity contribution in [3.8, 4) is 0 Å². The lowest BCUT2D eigenvalue weighted by Crippen LogP contribution is -2.50. The van der Waals surface area contributed by atoms with Gasteiger partial charge >= 0.3 is 0 Å². The maximum Gasteiger partial charge on any atom is 0.227 e. The molecule has 2 aromatic heterocycles. The number of halogens is 1. The van der Waals surface area contributed by atoms with Gasteiger partial charge < -0.3 is 15.2 Å². The molecule has 8 nitrogen and oxygen atoms in total. The molecule has 2 aliphatic rings. The van der Waals surface area contributed by atoms with E-state index in [-0.39, 0.29) is 12.0 Å². The average Bonchev–Trinajstić information content (AvgIpc) is 3.34. The van der Waals surface area contributed by atoms with Crippen molar-refractivity contribution in [1.29, 1.82) is 0 Å². The zero-order valence-electron chi connectivity index (χ0n) is 18.6. The van der Waals surface area contributed by atoms with Gasteiger partial charge in [0.25, 0.3) is 0 Å². The van der Waals surface area contributed by atoms with Gasteiger partial charge in [-0.15, -0.1) is 0 Å². The zero-order chi connectivity index (χ0) is 22.4. The normalized spacial score (nSPS) is 26.7. The highest BCUT2D eigenvalue weighted by atomic mass is 19.1. The monoisotopic (exact) mass is 440 g/mol. The minimum absolute atomic E-state index is 0.107. The molecule has 1 aromatic carbocycles. The van der Waals surface area contributed by atoms with Gasteiger partial charge in [-0.25, -0.2) is 14.4 Å². The number of piperidine rings is 1. The molecule has 5 rings (SSSR count). The minimum Gasteiger partial charge on any atom is -0.389 e. The number of ether oxygens (including phenoxy) is 1. The Labute approximate surface area is 186 Å². The summed E-state index contributed by atoms with van der Waals surface area (Å²) in [5.41, 5.74) is 4.68. The third kappa shape index (κ3) is 3.85. The van der Waals surface area contributed by atoms with E-state index in [1.807, 2.05) is 37.9 Å². The van der Waals surface area contributed by atoms with Gasteiger partial charge in [-0.3, -0.25) is 9.58 Å². The number of rotatable bonds is 4. The largest absolute Gasteiger partial charge is 0.389 e. The summed E-state index contributed by atoms with van der Waals surface area (Å²) in [4.78, 5) is 11.2. The van der Waals surface area contributed by atoms with E-state index in [1.165, 1.54) is 0 Å². The molecule has 4 atom stereocenters. The van der Waals surface area contributed by atoms with Crippen molar-refractivity contribution >= 4 is 22.5 Å². The Hall–Kier alpha value is -2.62. The van der Waals surface area contributed by atoms with Gasteiger partial charge in [-0.05, 0) is 50.1 Å². The summed E-state index contributed by atoms with van der Waals surface area (Å²) in [6.07, 6.45) is 2.70. The summed E-state index contributed by atoms with van der Waals surface area (Å²) in [5, 5.41) is 18.5. The smallest absolute Gasteiger partial charge is 0.227 e. The summed E-state index contributed by atoms with van der Waals surface area (Å²) in [6.45, 7) is 5.85. The van der Waals surface area contributed by atoms with Gasteiger partial charge in [0.1, 0.15) is 6.17 Å². The van der Waals surface area contributed by atoms with Crippen LogP contribution in [0.3, 0.4) is 0 Å². The van der Waals surface area contributed by atoms with Gasteiger partial charge in [0.15, 0.2) is 0 Å². The quantitative estimate of drug-likeness (QED) is 0.645. The molecular weight excluding hydrogens is 411 g/mol. The van der Waals surface area contributed by atoms with Crippen molar-refractivity contribution in [3.05, 3.63) is 41.3 Å². The molecule has 170 valence electrons.